The Hall–Kier alpha value is -1.97. The van der Waals surface area contributed by atoms with Gasteiger partial charge in [0.05, 0.1) is 12.2 Å². The van der Waals surface area contributed by atoms with E-state index in [1.165, 1.54) is 26.8 Å². The monoisotopic (exact) mass is 299 g/mol. The van der Waals surface area contributed by atoms with Gasteiger partial charge in [-0.25, -0.2) is 4.53 Å². The second-order valence-electron chi connectivity index (χ2n) is 5.35. The summed E-state index contributed by atoms with van der Waals surface area (Å²) in [6.07, 6.45) is 1.91. The summed E-state index contributed by atoms with van der Waals surface area (Å²) in [5.41, 5.74) is 9.06. The van der Waals surface area contributed by atoms with Gasteiger partial charge in [-0.05, 0) is 37.1 Å². The zero-order chi connectivity index (χ0) is 14.8. The largest absolute Gasteiger partial charge is 0.285 e. The molecular formula is C17H18ClN3. The molecule has 0 atom stereocenters. The molecule has 0 unspecified atom stereocenters. The van der Waals surface area contributed by atoms with Crippen molar-refractivity contribution >= 4 is 23.0 Å². The molecule has 2 aromatic rings. The van der Waals surface area contributed by atoms with Crippen LogP contribution in [0.2, 0.25) is 0 Å². The molecular weight excluding hydrogens is 282 g/mol. The van der Waals surface area contributed by atoms with E-state index in [1.807, 2.05) is 11.2 Å². The third-order valence-corrected chi connectivity index (χ3v) is 3.76. The first-order chi connectivity index (χ1) is 10.1. The Kier molecular flexibility index (Phi) is 3.86. The average Bonchev–Trinajstić information content (AvgIpc) is 2.48. The smallest absolute Gasteiger partial charge is 0.0634 e. The minimum absolute atomic E-state index is 0.759. The number of hydrazine groups is 2. The van der Waals surface area contributed by atoms with Gasteiger partial charge in [0.1, 0.15) is 0 Å². The fraction of sp³-hybridized carbons (Fsp3) is 0.176. The van der Waals surface area contributed by atoms with Crippen LogP contribution < -0.4 is 10.5 Å². The van der Waals surface area contributed by atoms with Gasteiger partial charge in [-0.2, -0.15) is 0 Å². The highest BCUT2D eigenvalue weighted by Crippen LogP contribution is 2.24. The molecule has 4 heteroatoms. The predicted molar refractivity (Wildman–Crippen MR) is 88.5 cm³/mol. The number of rotatable bonds is 2. The molecule has 1 heterocycles. The molecule has 1 aliphatic rings. The van der Waals surface area contributed by atoms with Gasteiger partial charge in [0.25, 0.3) is 0 Å². The standard InChI is InChI=1S/C17H18ClN3/c1-13-3-7-15(8-4-13)16-11-20(19-21(18)12-16)17-9-5-14(2)6-10-17/h3-10,12,19H,11H2,1-2H3. The highest BCUT2D eigenvalue weighted by atomic mass is 35.5. The number of hydrogen-bond donors (Lipinski definition) is 1. The van der Waals surface area contributed by atoms with Crippen molar-refractivity contribution in [1.82, 2.24) is 10.1 Å². The van der Waals surface area contributed by atoms with Crippen LogP contribution in [0.5, 0.6) is 0 Å². The zero-order valence-electron chi connectivity index (χ0n) is 12.2. The Morgan fingerprint density at radius 1 is 0.905 bits per heavy atom. The number of halogens is 1. The van der Waals surface area contributed by atoms with Gasteiger partial charge in [-0.1, -0.05) is 47.5 Å². The van der Waals surface area contributed by atoms with Crippen molar-refractivity contribution < 1.29 is 0 Å². The molecule has 0 aromatic heterocycles. The van der Waals surface area contributed by atoms with Gasteiger partial charge in [-0.3, -0.25) is 5.01 Å². The van der Waals surface area contributed by atoms with Crippen LogP contribution in [0, 0.1) is 13.8 Å². The highest BCUT2D eigenvalue weighted by Gasteiger charge is 2.18. The van der Waals surface area contributed by atoms with Crippen molar-refractivity contribution in [3.8, 4) is 0 Å². The number of aryl methyl sites for hydroxylation is 2. The molecule has 21 heavy (non-hydrogen) atoms. The Balaban J connectivity index is 1.86. The molecule has 2 aromatic carbocycles. The summed E-state index contributed by atoms with van der Waals surface area (Å²) in [4.78, 5) is 0. The van der Waals surface area contributed by atoms with E-state index in [0.717, 1.165) is 12.2 Å². The highest BCUT2D eigenvalue weighted by molar-refractivity contribution is 6.14. The summed E-state index contributed by atoms with van der Waals surface area (Å²) in [5, 5.41) is 2.03. The van der Waals surface area contributed by atoms with Crippen molar-refractivity contribution in [2.24, 2.45) is 0 Å². The van der Waals surface area contributed by atoms with Crippen molar-refractivity contribution in [3.63, 3.8) is 0 Å². The Labute approximate surface area is 130 Å². The maximum atomic E-state index is 6.17. The van der Waals surface area contributed by atoms with E-state index >= 15 is 0 Å². The van der Waals surface area contributed by atoms with Crippen molar-refractivity contribution in [2.75, 3.05) is 11.6 Å². The Bertz CT molecular complexity index is 647. The normalized spacial score (nSPS) is 15.1. The third kappa shape index (κ3) is 3.20. The van der Waals surface area contributed by atoms with Crippen molar-refractivity contribution in [2.45, 2.75) is 13.8 Å². The number of nitrogens with one attached hydrogen (secondary N) is 1. The summed E-state index contributed by atoms with van der Waals surface area (Å²) in [6.45, 7) is 4.93. The maximum absolute atomic E-state index is 6.17. The topological polar surface area (TPSA) is 18.5 Å². The molecule has 0 fully saturated rings. The molecule has 0 bridgehead atoms. The first-order valence-electron chi connectivity index (χ1n) is 6.95. The zero-order valence-corrected chi connectivity index (χ0v) is 12.9. The Morgan fingerprint density at radius 3 is 2.10 bits per heavy atom. The predicted octanol–water partition coefficient (Wildman–Crippen LogP) is 4.04. The van der Waals surface area contributed by atoms with E-state index < -0.39 is 0 Å². The second-order valence-corrected chi connectivity index (χ2v) is 5.72. The Morgan fingerprint density at radius 2 is 1.48 bits per heavy atom. The van der Waals surface area contributed by atoms with Gasteiger partial charge >= 0.3 is 0 Å². The van der Waals surface area contributed by atoms with Crippen LogP contribution in [0.25, 0.3) is 5.57 Å². The summed E-state index contributed by atoms with van der Waals surface area (Å²) >= 11 is 6.17. The van der Waals surface area contributed by atoms with Crippen LogP contribution in [0.3, 0.4) is 0 Å². The lowest BCUT2D eigenvalue weighted by molar-refractivity contribution is 0.407. The van der Waals surface area contributed by atoms with E-state index in [9.17, 15) is 0 Å². The van der Waals surface area contributed by atoms with Crippen LogP contribution in [0.1, 0.15) is 16.7 Å². The molecule has 0 aliphatic carbocycles. The van der Waals surface area contributed by atoms with Crippen LogP contribution >= 0.6 is 11.8 Å². The fourth-order valence-electron chi connectivity index (χ4n) is 2.33. The van der Waals surface area contributed by atoms with Gasteiger partial charge in [-0.15, -0.1) is 5.53 Å². The van der Waals surface area contributed by atoms with Crippen LogP contribution in [0.4, 0.5) is 5.69 Å². The molecule has 1 N–H and O–H groups in total. The average molecular weight is 300 g/mol. The lowest BCUT2D eigenvalue weighted by atomic mass is 10.0. The number of nitrogens with zero attached hydrogens (tertiary/aromatic N) is 2. The molecule has 0 amide bonds. The minimum Gasteiger partial charge on any atom is -0.285 e. The van der Waals surface area contributed by atoms with E-state index in [4.69, 9.17) is 11.8 Å². The van der Waals surface area contributed by atoms with Gasteiger partial charge in [0, 0.05) is 18.0 Å². The summed E-state index contributed by atoms with van der Waals surface area (Å²) in [6, 6.07) is 16.9. The molecule has 0 saturated carbocycles. The SMILES string of the molecule is Cc1ccc(C2=CN(Cl)NN(c3ccc(C)cc3)C2)cc1. The molecule has 0 spiro atoms. The summed E-state index contributed by atoms with van der Waals surface area (Å²) in [5.74, 6) is 0. The fourth-order valence-corrected chi connectivity index (χ4v) is 2.54. The van der Waals surface area contributed by atoms with Crippen LogP contribution in [-0.4, -0.2) is 11.1 Å². The molecule has 1 aliphatic heterocycles. The molecule has 3 nitrogen and oxygen atoms in total. The van der Waals surface area contributed by atoms with E-state index in [2.05, 4.69) is 67.9 Å². The van der Waals surface area contributed by atoms with E-state index in [-0.39, 0.29) is 0 Å². The molecule has 3 rings (SSSR count). The molecule has 108 valence electrons. The lowest BCUT2D eigenvalue weighted by Gasteiger charge is -2.34. The molecule has 0 radical (unpaired) electrons. The van der Waals surface area contributed by atoms with Gasteiger partial charge in [0.15, 0.2) is 0 Å². The van der Waals surface area contributed by atoms with Crippen molar-refractivity contribution in [3.05, 3.63) is 71.4 Å². The maximum Gasteiger partial charge on any atom is 0.0634 e. The molecule has 0 saturated heterocycles. The van der Waals surface area contributed by atoms with Gasteiger partial charge < -0.3 is 0 Å². The van der Waals surface area contributed by atoms with Crippen LogP contribution in [0.15, 0.2) is 54.7 Å². The summed E-state index contributed by atoms with van der Waals surface area (Å²) < 4.78 is 1.47. The minimum atomic E-state index is 0.759. The first kappa shape index (κ1) is 14.0. The van der Waals surface area contributed by atoms with Crippen LogP contribution in [-0.2, 0) is 0 Å². The van der Waals surface area contributed by atoms with E-state index in [1.54, 1.807) is 0 Å². The second kappa shape index (κ2) is 5.80. The third-order valence-electron chi connectivity index (χ3n) is 3.58. The first-order valence-corrected chi connectivity index (χ1v) is 7.29. The van der Waals surface area contributed by atoms with Gasteiger partial charge in [0.2, 0.25) is 0 Å². The van der Waals surface area contributed by atoms with E-state index in [0.29, 0.717) is 0 Å². The number of hydrogen-bond acceptors (Lipinski definition) is 3. The number of benzene rings is 2. The quantitative estimate of drug-likeness (QED) is 0.844. The lowest BCUT2D eigenvalue weighted by Crippen LogP contribution is -2.47. The summed E-state index contributed by atoms with van der Waals surface area (Å²) in [7, 11) is 0. The van der Waals surface area contributed by atoms with Crippen molar-refractivity contribution in [1.29, 1.82) is 0 Å². The number of anilines is 1.